The van der Waals surface area contributed by atoms with E-state index in [1.165, 1.54) is 5.56 Å². The van der Waals surface area contributed by atoms with E-state index in [-0.39, 0.29) is 10.8 Å². The van der Waals surface area contributed by atoms with E-state index in [0.29, 0.717) is 0 Å². The SMILES string of the molecule is CC(C)(C)CNc1ccc(C(C)(C)C)cn1. The molecule has 0 atom stereocenters. The summed E-state index contributed by atoms with van der Waals surface area (Å²) in [5.74, 6) is 0.961. The van der Waals surface area contributed by atoms with Gasteiger partial charge < -0.3 is 5.32 Å². The Hall–Kier alpha value is -1.05. The van der Waals surface area contributed by atoms with Crippen molar-refractivity contribution in [2.24, 2.45) is 5.41 Å². The van der Waals surface area contributed by atoms with Crippen molar-refractivity contribution in [3.05, 3.63) is 23.9 Å². The summed E-state index contributed by atoms with van der Waals surface area (Å²) in [5, 5.41) is 3.35. The zero-order valence-electron chi connectivity index (χ0n) is 11.4. The van der Waals surface area contributed by atoms with Crippen LogP contribution in [0.25, 0.3) is 0 Å². The molecular weight excluding hydrogens is 196 g/mol. The molecule has 0 unspecified atom stereocenters. The van der Waals surface area contributed by atoms with Crippen molar-refractivity contribution < 1.29 is 0 Å². The fraction of sp³-hybridized carbons (Fsp3) is 0.643. The number of rotatable bonds is 2. The number of anilines is 1. The highest BCUT2D eigenvalue weighted by Crippen LogP contribution is 2.22. The molecule has 0 radical (unpaired) electrons. The minimum Gasteiger partial charge on any atom is -0.370 e. The third-order valence-electron chi connectivity index (χ3n) is 2.43. The molecule has 16 heavy (non-hydrogen) atoms. The van der Waals surface area contributed by atoms with Crippen LogP contribution in [-0.4, -0.2) is 11.5 Å². The van der Waals surface area contributed by atoms with Gasteiger partial charge in [0.15, 0.2) is 0 Å². The van der Waals surface area contributed by atoms with Crippen LogP contribution in [0.15, 0.2) is 18.3 Å². The predicted octanol–water partition coefficient (Wildman–Crippen LogP) is 3.84. The topological polar surface area (TPSA) is 24.9 Å². The molecule has 1 aromatic rings. The highest BCUT2D eigenvalue weighted by Gasteiger charge is 2.14. The van der Waals surface area contributed by atoms with Crippen LogP contribution < -0.4 is 5.32 Å². The minimum absolute atomic E-state index is 0.176. The van der Waals surface area contributed by atoms with E-state index >= 15 is 0 Å². The van der Waals surface area contributed by atoms with Gasteiger partial charge in [0.25, 0.3) is 0 Å². The maximum atomic E-state index is 4.44. The summed E-state index contributed by atoms with van der Waals surface area (Å²) in [7, 11) is 0. The minimum atomic E-state index is 0.176. The normalized spacial score (nSPS) is 12.6. The molecule has 0 saturated heterocycles. The molecule has 0 amide bonds. The monoisotopic (exact) mass is 220 g/mol. The fourth-order valence-electron chi connectivity index (χ4n) is 1.30. The van der Waals surface area contributed by atoms with Crippen LogP contribution in [-0.2, 0) is 5.41 Å². The van der Waals surface area contributed by atoms with Crippen molar-refractivity contribution in [1.29, 1.82) is 0 Å². The van der Waals surface area contributed by atoms with E-state index in [2.05, 4.69) is 64.0 Å². The Morgan fingerprint density at radius 2 is 1.69 bits per heavy atom. The van der Waals surface area contributed by atoms with Crippen molar-refractivity contribution in [3.63, 3.8) is 0 Å². The van der Waals surface area contributed by atoms with E-state index in [9.17, 15) is 0 Å². The largest absolute Gasteiger partial charge is 0.370 e. The Balaban J connectivity index is 2.66. The lowest BCUT2D eigenvalue weighted by Crippen LogP contribution is -2.19. The average Bonchev–Trinajstić information content (AvgIpc) is 2.13. The zero-order valence-corrected chi connectivity index (χ0v) is 11.4. The number of nitrogens with zero attached hydrogens (tertiary/aromatic N) is 1. The Bertz CT molecular complexity index is 325. The number of nitrogens with one attached hydrogen (secondary N) is 1. The van der Waals surface area contributed by atoms with E-state index in [1.54, 1.807) is 0 Å². The fourth-order valence-corrected chi connectivity index (χ4v) is 1.30. The maximum absolute atomic E-state index is 4.44. The van der Waals surface area contributed by atoms with Crippen LogP contribution >= 0.6 is 0 Å². The van der Waals surface area contributed by atoms with Gasteiger partial charge in [-0.05, 0) is 22.5 Å². The molecule has 0 saturated carbocycles. The third kappa shape index (κ3) is 4.21. The molecule has 0 bridgehead atoms. The average molecular weight is 220 g/mol. The lowest BCUT2D eigenvalue weighted by Gasteiger charge is -2.21. The highest BCUT2D eigenvalue weighted by molar-refractivity contribution is 5.37. The maximum Gasteiger partial charge on any atom is 0.125 e. The van der Waals surface area contributed by atoms with Crippen molar-refractivity contribution in [3.8, 4) is 0 Å². The van der Waals surface area contributed by atoms with Gasteiger partial charge in [0.05, 0.1) is 0 Å². The van der Waals surface area contributed by atoms with Crippen molar-refractivity contribution in [2.75, 3.05) is 11.9 Å². The van der Waals surface area contributed by atoms with Gasteiger partial charge in [-0.25, -0.2) is 4.98 Å². The molecule has 0 aromatic carbocycles. The Morgan fingerprint density at radius 1 is 1.06 bits per heavy atom. The first kappa shape index (κ1) is 13.0. The van der Waals surface area contributed by atoms with Gasteiger partial charge in [0, 0.05) is 12.7 Å². The first-order chi connectivity index (χ1) is 7.18. The van der Waals surface area contributed by atoms with E-state index in [1.807, 2.05) is 6.20 Å². The Kier molecular flexibility index (Phi) is 3.61. The number of pyridine rings is 1. The first-order valence-corrected chi connectivity index (χ1v) is 5.89. The van der Waals surface area contributed by atoms with Gasteiger partial charge in [-0.2, -0.15) is 0 Å². The molecule has 1 rings (SSSR count). The molecule has 0 aliphatic rings. The summed E-state index contributed by atoms with van der Waals surface area (Å²) < 4.78 is 0. The third-order valence-corrected chi connectivity index (χ3v) is 2.43. The summed E-state index contributed by atoms with van der Waals surface area (Å²) in [4.78, 5) is 4.44. The lowest BCUT2D eigenvalue weighted by atomic mass is 9.88. The molecule has 1 N–H and O–H groups in total. The standard InChI is InChI=1S/C14H24N2/c1-13(2,3)10-16-12-8-7-11(9-15-12)14(4,5)6/h7-9H,10H2,1-6H3,(H,15,16). The smallest absolute Gasteiger partial charge is 0.125 e. The van der Waals surface area contributed by atoms with Crippen molar-refractivity contribution >= 4 is 5.82 Å². The predicted molar refractivity (Wildman–Crippen MR) is 70.9 cm³/mol. The highest BCUT2D eigenvalue weighted by atomic mass is 15.0. The Morgan fingerprint density at radius 3 is 2.06 bits per heavy atom. The lowest BCUT2D eigenvalue weighted by molar-refractivity contribution is 0.442. The summed E-state index contributed by atoms with van der Waals surface area (Å²) >= 11 is 0. The summed E-state index contributed by atoms with van der Waals surface area (Å²) in [6, 6.07) is 4.21. The first-order valence-electron chi connectivity index (χ1n) is 5.89. The summed E-state index contributed by atoms with van der Waals surface area (Å²) in [6.07, 6.45) is 1.96. The molecule has 2 nitrogen and oxygen atoms in total. The molecule has 1 heterocycles. The number of aromatic nitrogens is 1. The summed E-state index contributed by atoms with van der Waals surface area (Å²) in [5.41, 5.74) is 1.73. The van der Waals surface area contributed by atoms with E-state index < -0.39 is 0 Å². The van der Waals surface area contributed by atoms with Gasteiger partial charge in [-0.1, -0.05) is 47.6 Å². The number of hydrogen-bond acceptors (Lipinski definition) is 2. The van der Waals surface area contributed by atoms with Crippen LogP contribution in [0.5, 0.6) is 0 Å². The molecule has 2 heteroatoms. The van der Waals surface area contributed by atoms with Gasteiger partial charge in [0.1, 0.15) is 5.82 Å². The van der Waals surface area contributed by atoms with Crippen LogP contribution in [0.1, 0.15) is 47.1 Å². The molecule has 0 aliphatic carbocycles. The second-order valence-corrected chi connectivity index (χ2v) is 6.60. The number of hydrogen-bond donors (Lipinski definition) is 1. The van der Waals surface area contributed by atoms with Gasteiger partial charge in [-0.3, -0.25) is 0 Å². The van der Waals surface area contributed by atoms with Gasteiger partial charge in [0.2, 0.25) is 0 Å². The molecule has 0 aliphatic heterocycles. The second-order valence-electron chi connectivity index (χ2n) is 6.60. The van der Waals surface area contributed by atoms with Crippen molar-refractivity contribution in [2.45, 2.75) is 47.0 Å². The molecule has 0 spiro atoms. The van der Waals surface area contributed by atoms with Crippen LogP contribution in [0, 0.1) is 5.41 Å². The summed E-state index contributed by atoms with van der Waals surface area (Å²) in [6.45, 7) is 14.2. The van der Waals surface area contributed by atoms with E-state index in [0.717, 1.165) is 12.4 Å². The molecule has 1 aromatic heterocycles. The van der Waals surface area contributed by atoms with E-state index in [4.69, 9.17) is 0 Å². The van der Waals surface area contributed by atoms with Crippen LogP contribution in [0.2, 0.25) is 0 Å². The zero-order chi connectivity index (χ0) is 12.4. The van der Waals surface area contributed by atoms with Gasteiger partial charge in [-0.15, -0.1) is 0 Å². The molecule has 90 valence electrons. The molecule has 0 fully saturated rings. The quantitative estimate of drug-likeness (QED) is 0.819. The molecular formula is C14H24N2. The van der Waals surface area contributed by atoms with Crippen molar-refractivity contribution in [1.82, 2.24) is 4.98 Å². The Labute approximate surface area is 99.5 Å². The van der Waals surface area contributed by atoms with Crippen LogP contribution in [0.3, 0.4) is 0 Å². The van der Waals surface area contributed by atoms with Crippen LogP contribution in [0.4, 0.5) is 5.82 Å². The second kappa shape index (κ2) is 4.44. The van der Waals surface area contributed by atoms with Gasteiger partial charge >= 0.3 is 0 Å².